The van der Waals surface area contributed by atoms with E-state index in [-0.39, 0.29) is 5.69 Å². The van der Waals surface area contributed by atoms with Crippen LogP contribution in [0.5, 0.6) is 5.75 Å². The Balaban J connectivity index is 2.22. The molecule has 2 aromatic carbocycles. The minimum atomic E-state index is 0.243. The van der Waals surface area contributed by atoms with Gasteiger partial charge in [-0.25, -0.2) is 0 Å². The number of nitroso groups, excluding NO2 is 1. The summed E-state index contributed by atoms with van der Waals surface area (Å²) >= 11 is 0. The fourth-order valence-corrected chi connectivity index (χ4v) is 2.08. The average Bonchev–Trinajstić information content (AvgIpc) is 2.90. The van der Waals surface area contributed by atoms with Crippen molar-refractivity contribution >= 4 is 16.7 Å². The van der Waals surface area contributed by atoms with Crippen LogP contribution in [0.3, 0.4) is 0 Å². The highest BCUT2D eigenvalue weighted by atomic mass is 16.5. The van der Waals surface area contributed by atoms with Crippen molar-refractivity contribution in [3.05, 3.63) is 46.9 Å². The molecule has 0 radical (unpaired) electrons. The number of aromatic nitrogens is 3. The molecule has 3 rings (SSSR count). The molecule has 0 saturated heterocycles. The monoisotopic (exact) mass is 268 g/mol. The van der Waals surface area contributed by atoms with E-state index in [2.05, 4.69) is 15.4 Å². The molecular formula is C14H12N4O2. The first-order valence-corrected chi connectivity index (χ1v) is 6.07. The predicted octanol–water partition coefficient (Wildman–Crippen LogP) is 3.14. The van der Waals surface area contributed by atoms with Crippen LogP contribution < -0.4 is 4.74 Å². The summed E-state index contributed by atoms with van der Waals surface area (Å²) in [6.45, 7) is 1.89. The number of ether oxygens (including phenoxy) is 1. The maximum Gasteiger partial charge on any atom is 0.139 e. The molecule has 100 valence electrons. The highest BCUT2D eigenvalue weighted by molar-refractivity contribution is 5.74. The Bertz CT molecular complexity index is 762. The Morgan fingerprint density at radius 1 is 1.15 bits per heavy atom. The van der Waals surface area contributed by atoms with Gasteiger partial charge in [0.1, 0.15) is 28.2 Å². The molecule has 0 atom stereocenters. The van der Waals surface area contributed by atoms with E-state index in [9.17, 15) is 4.91 Å². The molecule has 0 amide bonds. The van der Waals surface area contributed by atoms with Crippen molar-refractivity contribution in [3.63, 3.8) is 0 Å². The van der Waals surface area contributed by atoms with Gasteiger partial charge >= 0.3 is 0 Å². The van der Waals surface area contributed by atoms with Crippen LogP contribution in [-0.4, -0.2) is 22.1 Å². The fraction of sp³-hybridized carbons (Fsp3) is 0.143. The first-order chi connectivity index (χ1) is 9.72. The summed E-state index contributed by atoms with van der Waals surface area (Å²) in [4.78, 5) is 12.4. The van der Waals surface area contributed by atoms with Crippen molar-refractivity contribution in [2.75, 3.05) is 7.11 Å². The molecule has 1 aromatic heterocycles. The van der Waals surface area contributed by atoms with E-state index in [4.69, 9.17) is 4.74 Å². The molecule has 0 aliphatic carbocycles. The van der Waals surface area contributed by atoms with Crippen LogP contribution in [0.15, 0.2) is 41.6 Å². The van der Waals surface area contributed by atoms with Gasteiger partial charge < -0.3 is 4.74 Å². The number of aryl methyl sites for hydroxylation is 1. The SMILES string of the molecule is COc1cc(N=O)c(-n2nc3ccccc3n2)cc1C. The zero-order valence-electron chi connectivity index (χ0n) is 11.1. The number of benzene rings is 2. The lowest BCUT2D eigenvalue weighted by atomic mass is 10.1. The van der Waals surface area contributed by atoms with Crippen LogP contribution in [0.1, 0.15) is 5.56 Å². The quantitative estimate of drug-likeness (QED) is 0.684. The van der Waals surface area contributed by atoms with Gasteiger partial charge in [0.15, 0.2) is 0 Å². The predicted molar refractivity (Wildman–Crippen MR) is 75.6 cm³/mol. The molecule has 20 heavy (non-hydrogen) atoms. The lowest BCUT2D eigenvalue weighted by molar-refractivity contribution is 0.411. The summed E-state index contributed by atoms with van der Waals surface area (Å²) in [6.07, 6.45) is 0. The molecule has 0 spiro atoms. The third-order valence-corrected chi connectivity index (χ3v) is 3.09. The van der Waals surface area contributed by atoms with Crippen molar-refractivity contribution in [1.29, 1.82) is 0 Å². The topological polar surface area (TPSA) is 69.4 Å². The Kier molecular flexibility index (Phi) is 2.90. The van der Waals surface area contributed by atoms with Crippen LogP contribution >= 0.6 is 0 Å². The minimum Gasteiger partial charge on any atom is -0.496 e. The molecule has 0 unspecified atom stereocenters. The van der Waals surface area contributed by atoms with Gasteiger partial charge in [0, 0.05) is 6.07 Å². The molecule has 0 bridgehead atoms. The van der Waals surface area contributed by atoms with Gasteiger partial charge in [-0.05, 0) is 35.9 Å². The van der Waals surface area contributed by atoms with Crippen molar-refractivity contribution in [2.45, 2.75) is 6.92 Å². The van der Waals surface area contributed by atoms with Gasteiger partial charge in [-0.3, -0.25) is 0 Å². The van der Waals surface area contributed by atoms with Crippen LogP contribution in [0.4, 0.5) is 5.69 Å². The normalized spacial score (nSPS) is 10.7. The number of hydrogen-bond acceptors (Lipinski definition) is 5. The molecule has 0 saturated carbocycles. The molecular weight excluding hydrogens is 256 g/mol. The number of methoxy groups -OCH3 is 1. The van der Waals surface area contributed by atoms with Crippen molar-refractivity contribution in [1.82, 2.24) is 15.0 Å². The Labute approximate surface area is 115 Å². The van der Waals surface area contributed by atoms with Gasteiger partial charge in [0.2, 0.25) is 0 Å². The summed E-state index contributed by atoms with van der Waals surface area (Å²) in [5.41, 5.74) is 3.19. The van der Waals surface area contributed by atoms with Gasteiger partial charge in [0.25, 0.3) is 0 Å². The summed E-state index contributed by atoms with van der Waals surface area (Å²) in [5.74, 6) is 0.611. The van der Waals surface area contributed by atoms with Gasteiger partial charge in [-0.15, -0.1) is 19.9 Å². The van der Waals surface area contributed by atoms with E-state index in [1.165, 1.54) is 4.80 Å². The minimum absolute atomic E-state index is 0.243. The maximum absolute atomic E-state index is 11.0. The smallest absolute Gasteiger partial charge is 0.139 e. The summed E-state index contributed by atoms with van der Waals surface area (Å²) in [6, 6.07) is 10.9. The largest absolute Gasteiger partial charge is 0.496 e. The average molecular weight is 268 g/mol. The van der Waals surface area contributed by atoms with Crippen molar-refractivity contribution in [2.24, 2.45) is 5.18 Å². The van der Waals surface area contributed by atoms with Gasteiger partial charge in [-0.1, -0.05) is 12.1 Å². The molecule has 0 aliphatic heterocycles. The van der Waals surface area contributed by atoms with Crippen molar-refractivity contribution in [3.8, 4) is 11.4 Å². The third-order valence-electron chi connectivity index (χ3n) is 3.09. The standard InChI is InChI=1S/C14H12N4O2/c1-9-7-13(12(17-19)8-14(9)20-2)18-15-10-5-3-4-6-11(10)16-18/h3-8H,1-2H3. The Hall–Kier alpha value is -2.76. The van der Waals surface area contributed by atoms with Gasteiger partial charge in [-0.2, -0.15) is 0 Å². The van der Waals surface area contributed by atoms with E-state index in [0.29, 0.717) is 11.4 Å². The summed E-state index contributed by atoms with van der Waals surface area (Å²) in [5, 5.41) is 11.7. The number of nitrogens with zero attached hydrogens (tertiary/aromatic N) is 4. The summed E-state index contributed by atoms with van der Waals surface area (Å²) < 4.78 is 5.19. The number of fused-ring (bicyclic) bond motifs is 1. The lowest BCUT2D eigenvalue weighted by Crippen LogP contribution is -2.00. The molecule has 0 N–H and O–H groups in total. The van der Waals surface area contributed by atoms with Crippen LogP contribution in [0, 0.1) is 11.8 Å². The number of rotatable bonds is 3. The van der Waals surface area contributed by atoms with E-state index in [1.54, 1.807) is 19.2 Å². The highest BCUT2D eigenvalue weighted by Crippen LogP contribution is 2.31. The number of hydrogen-bond donors (Lipinski definition) is 0. The first-order valence-electron chi connectivity index (χ1n) is 6.07. The van der Waals surface area contributed by atoms with E-state index >= 15 is 0 Å². The first kappa shape index (κ1) is 12.3. The summed E-state index contributed by atoms with van der Waals surface area (Å²) in [7, 11) is 1.55. The van der Waals surface area contributed by atoms with Crippen LogP contribution in [0.2, 0.25) is 0 Å². The molecule has 6 nitrogen and oxygen atoms in total. The second-order valence-electron chi connectivity index (χ2n) is 4.38. The molecule has 0 fully saturated rings. The second-order valence-corrected chi connectivity index (χ2v) is 4.38. The van der Waals surface area contributed by atoms with Crippen molar-refractivity contribution < 1.29 is 4.74 Å². The Morgan fingerprint density at radius 2 is 1.80 bits per heavy atom. The van der Waals surface area contributed by atoms with E-state index < -0.39 is 0 Å². The molecule has 3 aromatic rings. The zero-order chi connectivity index (χ0) is 14.1. The van der Waals surface area contributed by atoms with Gasteiger partial charge in [0.05, 0.1) is 7.11 Å². The van der Waals surface area contributed by atoms with Crippen LogP contribution in [0.25, 0.3) is 16.7 Å². The third kappa shape index (κ3) is 1.91. The molecule has 0 aliphatic rings. The van der Waals surface area contributed by atoms with E-state index in [0.717, 1.165) is 16.6 Å². The Morgan fingerprint density at radius 3 is 2.35 bits per heavy atom. The van der Waals surface area contributed by atoms with E-state index in [1.807, 2.05) is 31.2 Å². The van der Waals surface area contributed by atoms with Crippen LogP contribution in [-0.2, 0) is 0 Å². The fourth-order valence-electron chi connectivity index (χ4n) is 2.08. The lowest BCUT2D eigenvalue weighted by Gasteiger charge is -2.08. The zero-order valence-corrected chi connectivity index (χ0v) is 11.1. The second kappa shape index (κ2) is 4.73. The maximum atomic E-state index is 11.0. The highest BCUT2D eigenvalue weighted by Gasteiger charge is 2.13. The molecule has 1 heterocycles. The molecule has 6 heteroatoms.